The molecule has 0 saturated carbocycles. The van der Waals surface area contributed by atoms with Gasteiger partial charge in [-0.25, -0.2) is 0 Å². The monoisotopic (exact) mass is 244 g/mol. The molecule has 0 bridgehead atoms. The van der Waals surface area contributed by atoms with Crippen molar-refractivity contribution in [2.75, 3.05) is 26.7 Å². The maximum atomic E-state index is 10.9. The molecule has 16 heavy (non-hydrogen) atoms. The Bertz CT molecular complexity index is 250. The summed E-state index contributed by atoms with van der Waals surface area (Å²) in [4.78, 5) is 13.9. The zero-order valence-electron chi connectivity index (χ0n) is 9.78. The van der Waals surface area contributed by atoms with Gasteiger partial charge in [0.05, 0.1) is 12.1 Å². The van der Waals surface area contributed by atoms with Crippen LogP contribution < -0.4 is 5.73 Å². The SMILES string of the molecule is COC(=O)CCCN1CCC(C(N)=S)CC1. The molecular formula is C11H20N2O2S. The summed E-state index contributed by atoms with van der Waals surface area (Å²) in [6.07, 6.45) is 3.47. The Morgan fingerprint density at radius 2 is 2.12 bits per heavy atom. The summed E-state index contributed by atoms with van der Waals surface area (Å²) in [5, 5.41) is 0. The van der Waals surface area contributed by atoms with Gasteiger partial charge in [-0.2, -0.15) is 0 Å². The van der Waals surface area contributed by atoms with Gasteiger partial charge in [-0.1, -0.05) is 12.2 Å². The van der Waals surface area contributed by atoms with E-state index in [4.69, 9.17) is 18.0 Å². The number of carbonyl (C=O) groups excluding carboxylic acids is 1. The van der Waals surface area contributed by atoms with Gasteiger partial charge >= 0.3 is 5.97 Å². The number of hydrogen-bond acceptors (Lipinski definition) is 4. The van der Waals surface area contributed by atoms with Crippen molar-refractivity contribution >= 4 is 23.2 Å². The second-order valence-corrected chi connectivity index (χ2v) is 4.67. The maximum Gasteiger partial charge on any atom is 0.305 e. The molecule has 0 aromatic heterocycles. The highest BCUT2D eigenvalue weighted by atomic mass is 32.1. The van der Waals surface area contributed by atoms with Crippen molar-refractivity contribution in [2.45, 2.75) is 25.7 Å². The van der Waals surface area contributed by atoms with Crippen LogP contribution >= 0.6 is 12.2 Å². The molecule has 4 nitrogen and oxygen atoms in total. The highest BCUT2D eigenvalue weighted by molar-refractivity contribution is 7.80. The fraction of sp³-hybridized carbons (Fsp3) is 0.818. The number of carbonyl (C=O) groups is 1. The van der Waals surface area contributed by atoms with Gasteiger partial charge in [-0.3, -0.25) is 4.79 Å². The van der Waals surface area contributed by atoms with E-state index < -0.39 is 0 Å². The molecule has 0 amide bonds. The molecule has 1 aliphatic rings. The van der Waals surface area contributed by atoms with Crippen LogP contribution in [0.2, 0.25) is 0 Å². The molecule has 0 spiro atoms. The Labute approximate surface area is 102 Å². The number of thiocarbonyl (C=S) groups is 1. The van der Waals surface area contributed by atoms with E-state index in [1.807, 2.05) is 0 Å². The minimum Gasteiger partial charge on any atom is -0.469 e. The van der Waals surface area contributed by atoms with Gasteiger partial charge in [0.15, 0.2) is 0 Å². The van der Waals surface area contributed by atoms with Gasteiger partial charge in [0.1, 0.15) is 0 Å². The smallest absolute Gasteiger partial charge is 0.305 e. The van der Waals surface area contributed by atoms with Gasteiger partial charge < -0.3 is 15.4 Å². The summed E-state index contributed by atoms with van der Waals surface area (Å²) < 4.78 is 4.60. The van der Waals surface area contributed by atoms with Gasteiger partial charge in [-0.15, -0.1) is 0 Å². The first-order valence-electron chi connectivity index (χ1n) is 5.72. The zero-order valence-corrected chi connectivity index (χ0v) is 10.6. The topological polar surface area (TPSA) is 55.6 Å². The van der Waals surface area contributed by atoms with E-state index in [9.17, 15) is 4.79 Å². The fourth-order valence-electron chi connectivity index (χ4n) is 1.99. The largest absolute Gasteiger partial charge is 0.469 e. The average molecular weight is 244 g/mol. The summed E-state index contributed by atoms with van der Waals surface area (Å²) >= 11 is 4.99. The lowest BCUT2D eigenvalue weighted by atomic mass is 9.97. The summed E-state index contributed by atoms with van der Waals surface area (Å²) in [6, 6.07) is 0. The number of hydrogen-bond donors (Lipinski definition) is 1. The number of methoxy groups -OCH3 is 1. The third kappa shape index (κ3) is 4.45. The van der Waals surface area contributed by atoms with Crippen LogP contribution in [0.15, 0.2) is 0 Å². The van der Waals surface area contributed by atoms with Crippen LogP contribution in [0.1, 0.15) is 25.7 Å². The Hall–Kier alpha value is -0.680. The number of likely N-dealkylation sites (tertiary alicyclic amines) is 1. The lowest BCUT2D eigenvalue weighted by Crippen LogP contribution is -2.38. The molecule has 1 rings (SSSR count). The van der Waals surface area contributed by atoms with Crippen LogP contribution in [-0.4, -0.2) is 42.6 Å². The van der Waals surface area contributed by atoms with Crippen LogP contribution in [-0.2, 0) is 9.53 Å². The van der Waals surface area contributed by atoms with E-state index in [0.29, 0.717) is 17.3 Å². The first-order valence-corrected chi connectivity index (χ1v) is 6.12. The molecule has 0 unspecified atom stereocenters. The third-order valence-electron chi connectivity index (χ3n) is 3.07. The maximum absolute atomic E-state index is 10.9. The zero-order chi connectivity index (χ0) is 12.0. The first kappa shape index (κ1) is 13.4. The number of esters is 1. The lowest BCUT2D eigenvalue weighted by molar-refractivity contribution is -0.140. The molecule has 1 heterocycles. The van der Waals surface area contributed by atoms with E-state index in [1.54, 1.807) is 0 Å². The van der Waals surface area contributed by atoms with E-state index in [2.05, 4.69) is 9.64 Å². The fourth-order valence-corrected chi connectivity index (χ4v) is 2.23. The van der Waals surface area contributed by atoms with Crippen molar-refractivity contribution in [3.63, 3.8) is 0 Å². The van der Waals surface area contributed by atoms with E-state index in [0.717, 1.165) is 38.9 Å². The van der Waals surface area contributed by atoms with Crippen molar-refractivity contribution in [3.05, 3.63) is 0 Å². The van der Waals surface area contributed by atoms with Crippen molar-refractivity contribution < 1.29 is 9.53 Å². The molecular weight excluding hydrogens is 224 g/mol. The van der Waals surface area contributed by atoms with Crippen molar-refractivity contribution in [1.29, 1.82) is 0 Å². The predicted octanol–water partition coefficient (Wildman–Crippen LogP) is 0.938. The summed E-state index contributed by atoms with van der Waals surface area (Å²) in [6.45, 7) is 3.02. The molecule has 0 atom stereocenters. The summed E-state index contributed by atoms with van der Waals surface area (Å²) in [7, 11) is 1.43. The third-order valence-corrected chi connectivity index (χ3v) is 3.41. The first-order chi connectivity index (χ1) is 7.63. The van der Waals surface area contributed by atoms with Gasteiger partial charge in [0, 0.05) is 12.3 Å². The van der Waals surface area contributed by atoms with Crippen molar-refractivity contribution in [3.8, 4) is 0 Å². The Balaban J connectivity index is 2.13. The Morgan fingerprint density at radius 1 is 1.50 bits per heavy atom. The van der Waals surface area contributed by atoms with E-state index in [-0.39, 0.29) is 5.97 Å². The average Bonchev–Trinajstić information content (AvgIpc) is 2.29. The second-order valence-electron chi connectivity index (χ2n) is 4.20. The highest BCUT2D eigenvalue weighted by Gasteiger charge is 2.20. The molecule has 1 aliphatic heterocycles. The van der Waals surface area contributed by atoms with Crippen LogP contribution in [0.5, 0.6) is 0 Å². The minimum absolute atomic E-state index is 0.127. The Kier molecular flexibility index (Phi) is 5.69. The number of nitrogens with two attached hydrogens (primary N) is 1. The highest BCUT2D eigenvalue weighted by Crippen LogP contribution is 2.17. The summed E-state index contributed by atoms with van der Waals surface area (Å²) in [5.74, 6) is 0.282. The lowest BCUT2D eigenvalue weighted by Gasteiger charge is -2.31. The molecule has 1 saturated heterocycles. The normalized spacial score (nSPS) is 18.3. The van der Waals surface area contributed by atoms with Crippen LogP contribution in [0.3, 0.4) is 0 Å². The predicted molar refractivity (Wildman–Crippen MR) is 67.2 cm³/mol. The van der Waals surface area contributed by atoms with Crippen molar-refractivity contribution in [2.24, 2.45) is 11.7 Å². The number of rotatable bonds is 5. The van der Waals surface area contributed by atoms with Gasteiger partial charge in [0.25, 0.3) is 0 Å². The quantitative estimate of drug-likeness (QED) is 0.576. The van der Waals surface area contributed by atoms with Gasteiger partial charge in [0.2, 0.25) is 0 Å². The number of ether oxygens (including phenoxy) is 1. The molecule has 2 N–H and O–H groups in total. The Morgan fingerprint density at radius 3 is 2.62 bits per heavy atom. The second kappa shape index (κ2) is 6.81. The molecule has 0 aromatic carbocycles. The van der Waals surface area contributed by atoms with Crippen LogP contribution in [0, 0.1) is 5.92 Å². The molecule has 0 radical (unpaired) electrons. The van der Waals surface area contributed by atoms with E-state index >= 15 is 0 Å². The molecule has 1 fully saturated rings. The molecule has 0 aliphatic carbocycles. The van der Waals surface area contributed by atoms with Crippen molar-refractivity contribution in [1.82, 2.24) is 4.90 Å². The van der Waals surface area contributed by atoms with Crippen LogP contribution in [0.4, 0.5) is 0 Å². The number of nitrogens with zero attached hydrogens (tertiary/aromatic N) is 1. The standard InChI is InChI=1S/C11H20N2O2S/c1-15-10(14)3-2-6-13-7-4-9(5-8-13)11(12)16/h9H,2-8H2,1H3,(H2,12,16). The van der Waals surface area contributed by atoms with E-state index in [1.165, 1.54) is 7.11 Å². The minimum atomic E-state index is -0.127. The molecule has 92 valence electrons. The summed E-state index contributed by atoms with van der Waals surface area (Å²) in [5.41, 5.74) is 5.62. The van der Waals surface area contributed by atoms with Gasteiger partial charge in [-0.05, 0) is 38.9 Å². The number of piperidine rings is 1. The van der Waals surface area contributed by atoms with Crippen LogP contribution in [0.25, 0.3) is 0 Å². The molecule has 5 heteroatoms. The molecule has 0 aromatic rings.